The molecule has 2 atom stereocenters. The number of carbonyl (C=O) groups is 1. The minimum absolute atomic E-state index is 0.00884. The first kappa shape index (κ1) is 11.0. The summed E-state index contributed by atoms with van der Waals surface area (Å²) in [4.78, 5) is 17.0. The Kier molecular flexibility index (Phi) is 2.85. The fraction of sp³-hybridized carbons (Fsp3) is 0.636. The topological polar surface area (TPSA) is 66.6 Å². The van der Waals surface area contributed by atoms with Crippen LogP contribution in [-0.2, 0) is 4.79 Å². The average Bonchev–Trinajstić information content (AvgIpc) is 2.85. The van der Waals surface area contributed by atoms with Gasteiger partial charge in [-0.15, -0.1) is 0 Å². The summed E-state index contributed by atoms with van der Waals surface area (Å²) in [6, 6.07) is -0.00884. The number of rotatable bonds is 3. The van der Waals surface area contributed by atoms with Gasteiger partial charge in [-0.05, 0) is 12.3 Å². The third-order valence-electron chi connectivity index (χ3n) is 3.16. The Morgan fingerprint density at radius 2 is 2.44 bits per heavy atom. The molecule has 1 fully saturated rings. The van der Waals surface area contributed by atoms with Gasteiger partial charge in [0.25, 0.3) is 0 Å². The lowest BCUT2D eigenvalue weighted by molar-refractivity contribution is -0.142. The van der Waals surface area contributed by atoms with Crippen LogP contribution in [0.3, 0.4) is 0 Å². The first-order chi connectivity index (χ1) is 7.61. The summed E-state index contributed by atoms with van der Waals surface area (Å²) < 4.78 is 5.25. The number of hydrogen-bond donors (Lipinski definition) is 1. The molecule has 1 aliphatic rings. The summed E-state index contributed by atoms with van der Waals surface area (Å²) in [7, 11) is 0. The van der Waals surface area contributed by atoms with Crippen molar-refractivity contribution >= 4 is 11.9 Å². The lowest BCUT2D eigenvalue weighted by Crippen LogP contribution is -2.39. The highest BCUT2D eigenvalue weighted by Crippen LogP contribution is 2.33. The van der Waals surface area contributed by atoms with Crippen LogP contribution in [0.5, 0.6) is 0 Å². The Hall–Kier alpha value is -1.52. The number of nitrogens with zero attached hydrogens (tertiary/aromatic N) is 2. The molecular formula is C11H16N2O3. The van der Waals surface area contributed by atoms with Crippen LogP contribution < -0.4 is 4.90 Å². The van der Waals surface area contributed by atoms with Crippen molar-refractivity contribution in [3.8, 4) is 0 Å². The molecule has 16 heavy (non-hydrogen) atoms. The van der Waals surface area contributed by atoms with Crippen molar-refractivity contribution in [2.24, 2.45) is 11.8 Å². The predicted molar refractivity (Wildman–Crippen MR) is 58.2 cm³/mol. The van der Waals surface area contributed by atoms with Crippen LogP contribution >= 0.6 is 0 Å². The Morgan fingerprint density at radius 3 is 2.94 bits per heavy atom. The van der Waals surface area contributed by atoms with Gasteiger partial charge in [0.2, 0.25) is 5.88 Å². The van der Waals surface area contributed by atoms with Gasteiger partial charge in [0.15, 0.2) is 6.39 Å². The van der Waals surface area contributed by atoms with Crippen molar-refractivity contribution in [3.63, 3.8) is 0 Å². The quantitative estimate of drug-likeness (QED) is 0.844. The molecule has 1 aromatic heterocycles. The van der Waals surface area contributed by atoms with Crippen LogP contribution in [0.25, 0.3) is 0 Å². The van der Waals surface area contributed by atoms with Crippen molar-refractivity contribution in [1.29, 1.82) is 0 Å². The number of carboxylic acid groups (broad SMARTS) is 1. The van der Waals surface area contributed by atoms with Gasteiger partial charge in [-0.3, -0.25) is 4.79 Å². The van der Waals surface area contributed by atoms with Gasteiger partial charge in [0, 0.05) is 12.6 Å². The average molecular weight is 224 g/mol. The van der Waals surface area contributed by atoms with Gasteiger partial charge in [0.1, 0.15) is 0 Å². The molecule has 0 saturated carbocycles. The highest BCUT2D eigenvalue weighted by Gasteiger charge is 2.41. The fourth-order valence-corrected chi connectivity index (χ4v) is 2.52. The van der Waals surface area contributed by atoms with Crippen LogP contribution in [0, 0.1) is 11.8 Å². The lowest BCUT2D eigenvalue weighted by atomic mass is 9.91. The second kappa shape index (κ2) is 4.15. The zero-order valence-corrected chi connectivity index (χ0v) is 9.46. The normalized spacial score (nSPS) is 25.3. The number of aliphatic carboxylic acids is 1. The monoisotopic (exact) mass is 224 g/mol. The maximum absolute atomic E-state index is 11.2. The van der Waals surface area contributed by atoms with Gasteiger partial charge in [-0.2, -0.15) is 0 Å². The van der Waals surface area contributed by atoms with E-state index in [0.29, 0.717) is 12.3 Å². The van der Waals surface area contributed by atoms with E-state index in [2.05, 4.69) is 4.98 Å². The number of carboxylic acids is 1. The molecule has 0 spiro atoms. The van der Waals surface area contributed by atoms with E-state index >= 15 is 0 Å². The zero-order chi connectivity index (χ0) is 11.7. The molecule has 88 valence electrons. The van der Waals surface area contributed by atoms with Crippen molar-refractivity contribution in [2.75, 3.05) is 11.4 Å². The Bertz CT molecular complexity index is 361. The van der Waals surface area contributed by atoms with Crippen LogP contribution in [0.4, 0.5) is 5.88 Å². The van der Waals surface area contributed by atoms with Crippen LogP contribution in [-0.4, -0.2) is 28.6 Å². The SMILES string of the molecule is CC(C)[C@@H]1[C@@H](C(=O)O)CCN1c1cnco1. The molecule has 0 aromatic carbocycles. The molecule has 5 heteroatoms. The summed E-state index contributed by atoms with van der Waals surface area (Å²) >= 11 is 0. The standard InChI is InChI=1S/C11H16N2O3/c1-7(2)10-8(11(14)15)3-4-13(10)9-5-12-6-16-9/h5-8,10H,3-4H2,1-2H3,(H,14,15)/t8-,10+/m0/s1. The van der Waals surface area contributed by atoms with Crippen molar-refractivity contribution in [3.05, 3.63) is 12.6 Å². The molecule has 1 saturated heterocycles. The Balaban J connectivity index is 2.24. The molecule has 0 bridgehead atoms. The Labute approximate surface area is 94.1 Å². The first-order valence-corrected chi connectivity index (χ1v) is 5.49. The van der Waals surface area contributed by atoms with Gasteiger partial charge >= 0.3 is 5.97 Å². The number of anilines is 1. The fourth-order valence-electron chi connectivity index (χ4n) is 2.52. The van der Waals surface area contributed by atoms with E-state index in [1.54, 1.807) is 6.20 Å². The van der Waals surface area contributed by atoms with E-state index in [1.807, 2.05) is 18.7 Å². The largest absolute Gasteiger partial charge is 0.481 e. The summed E-state index contributed by atoms with van der Waals surface area (Å²) in [5, 5.41) is 9.17. The molecule has 5 nitrogen and oxygen atoms in total. The van der Waals surface area contributed by atoms with Gasteiger partial charge in [-0.25, -0.2) is 4.98 Å². The summed E-state index contributed by atoms with van der Waals surface area (Å²) in [6.45, 7) is 4.79. The van der Waals surface area contributed by atoms with E-state index in [1.165, 1.54) is 6.39 Å². The molecule has 2 heterocycles. The summed E-state index contributed by atoms with van der Waals surface area (Å²) in [6.07, 6.45) is 3.68. The molecule has 1 aromatic rings. The van der Waals surface area contributed by atoms with Gasteiger partial charge < -0.3 is 14.4 Å². The first-order valence-electron chi connectivity index (χ1n) is 5.49. The molecule has 0 amide bonds. The van der Waals surface area contributed by atoms with E-state index in [9.17, 15) is 9.90 Å². The van der Waals surface area contributed by atoms with Gasteiger partial charge in [-0.1, -0.05) is 13.8 Å². The number of oxazole rings is 1. The predicted octanol–water partition coefficient (Wildman–Crippen LogP) is 1.61. The van der Waals surface area contributed by atoms with Crippen LogP contribution in [0.1, 0.15) is 20.3 Å². The molecule has 0 aliphatic carbocycles. The molecular weight excluding hydrogens is 208 g/mol. The number of aromatic nitrogens is 1. The smallest absolute Gasteiger partial charge is 0.308 e. The molecule has 0 unspecified atom stereocenters. The minimum Gasteiger partial charge on any atom is -0.481 e. The molecule has 1 aliphatic heterocycles. The summed E-state index contributed by atoms with van der Waals surface area (Å²) in [5.74, 6) is -0.0954. The third-order valence-corrected chi connectivity index (χ3v) is 3.16. The second-order valence-corrected chi connectivity index (χ2v) is 4.50. The van der Waals surface area contributed by atoms with Crippen molar-refractivity contribution in [1.82, 2.24) is 4.98 Å². The van der Waals surface area contributed by atoms with Crippen LogP contribution in [0.15, 0.2) is 17.0 Å². The molecule has 0 radical (unpaired) electrons. The molecule has 1 N–H and O–H groups in total. The van der Waals surface area contributed by atoms with Crippen molar-refractivity contribution in [2.45, 2.75) is 26.3 Å². The number of hydrogen-bond acceptors (Lipinski definition) is 4. The third kappa shape index (κ3) is 1.77. The highest BCUT2D eigenvalue weighted by atomic mass is 16.4. The summed E-state index contributed by atoms with van der Waals surface area (Å²) in [5.41, 5.74) is 0. The second-order valence-electron chi connectivity index (χ2n) is 4.50. The zero-order valence-electron chi connectivity index (χ0n) is 9.46. The van der Waals surface area contributed by atoms with E-state index in [-0.39, 0.29) is 17.9 Å². The Morgan fingerprint density at radius 1 is 1.69 bits per heavy atom. The van der Waals surface area contributed by atoms with E-state index < -0.39 is 5.97 Å². The van der Waals surface area contributed by atoms with Gasteiger partial charge in [0.05, 0.1) is 12.1 Å². The maximum Gasteiger partial charge on any atom is 0.308 e. The van der Waals surface area contributed by atoms with E-state index in [0.717, 1.165) is 6.54 Å². The maximum atomic E-state index is 11.2. The molecule has 2 rings (SSSR count). The van der Waals surface area contributed by atoms with E-state index in [4.69, 9.17) is 4.42 Å². The van der Waals surface area contributed by atoms with Crippen molar-refractivity contribution < 1.29 is 14.3 Å². The lowest BCUT2D eigenvalue weighted by Gasteiger charge is -2.29. The van der Waals surface area contributed by atoms with Crippen LogP contribution in [0.2, 0.25) is 0 Å². The highest BCUT2D eigenvalue weighted by molar-refractivity contribution is 5.72. The minimum atomic E-state index is -0.722.